The summed E-state index contributed by atoms with van der Waals surface area (Å²) >= 11 is 3.23. The third-order valence-corrected chi connectivity index (χ3v) is 4.94. The molecule has 0 unspecified atom stereocenters. The number of benzene rings is 1. The van der Waals surface area contributed by atoms with Crippen molar-refractivity contribution in [3.8, 4) is 0 Å². The molecule has 0 aromatic heterocycles. The highest BCUT2D eigenvalue weighted by atomic mass is 79.9. The fraction of sp³-hybridized carbons (Fsp3) is 0.600. The normalized spacial score (nSPS) is 19.4. The number of hydrogen-bond donors (Lipinski definition) is 1. The second kappa shape index (κ2) is 5.24. The van der Waals surface area contributed by atoms with Crippen LogP contribution in [0.15, 0.2) is 22.7 Å². The van der Waals surface area contributed by atoms with Gasteiger partial charge in [0, 0.05) is 16.7 Å². The molecule has 0 amide bonds. The predicted molar refractivity (Wildman–Crippen MR) is 76.6 cm³/mol. The van der Waals surface area contributed by atoms with Crippen LogP contribution in [0.25, 0.3) is 0 Å². The van der Waals surface area contributed by atoms with Crippen LogP contribution in [0.1, 0.15) is 31.2 Å². The Hall–Kier alpha value is -0.710. The minimum atomic E-state index is -4.29. The zero-order valence-electron chi connectivity index (χ0n) is 11.0. The van der Waals surface area contributed by atoms with E-state index in [1.54, 1.807) is 0 Å². The molecule has 2 fully saturated rings. The van der Waals surface area contributed by atoms with Crippen LogP contribution in [-0.2, 0) is 6.18 Å². The summed E-state index contributed by atoms with van der Waals surface area (Å²) in [7, 11) is 0. The quantitative estimate of drug-likeness (QED) is 0.760. The fourth-order valence-electron chi connectivity index (χ4n) is 2.83. The fourth-order valence-corrected chi connectivity index (χ4v) is 3.35. The molecule has 0 saturated heterocycles. The average molecular weight is 348 g/mol. The summed E-state index contributed by atoms with van der Waals surface area (Å²) < 4.78 is 38.3. The van der Waals surface area contributed by atoms with Crippen molar-refractivity contribution in [3.63, 3.8) is 0 Å². The van der Waals surface area contributed by atoms with Gasteiger partial charge in [0.1, 0.15) is 0 Å². The van der Waals surface area contributed by atoms with Crippen molar-refractivity contribution < 1.29 is 13.2 Å². The standard InChI is InChI=1S/C15H17BrF3N/c16-13-7-11(15(17,18)19)5-6-14(13)20-8-12(9-1-2-9)10-3-4-10/h5-7,9-10,12,20H,1-4,8H2. The van der Waals surface area contributed by atoms with Crippen LogP contribution in [-0.4, -0.2) is 6.54 Å². The molecule has 1 N–H and O–H groups in total. The minimum absolute atomic E-state index is 0.484. The largest absolute Gasteiger partial charge is 0.416 e. The Bertz CT molecular complexity index is 480. The van der Waals surface area contributed by atoms with E-state index in [4.69, 9.17) is 0 Å². The minimum Gasteiger partial charge on any atom is -0.384 e. The zero-order valence-corrected chi connectivity index (χ0v) is 12.6. The highest BCUT2D eigenvalue weighted by Gasteiger charge is 2.41. The topological polar surface area (TPSA) is 12.0 Å². The smallest absolute Gasteiger partial charge is 0.384 e. The van der Waals surface area contributed by atoms with E-state index < -0.39 is 11.7 Å². The van der Waals surface area contributed by atoms with Gasteiger partial charge in [0.05, 0.1) is 5.56 Å². The average Bonchev–Trinajstić information content (AvgIpc) is 3.24. The molecule has 0 bridgehead atoms. The number of rotatable bonds is 5. The first-order valence-corrected chi connectivity index (χ1v) is 7.85. The van der Waals surface area contributed by atoms with Crippen LogP contribution >= 0.6 is 15.9 Å². The maximum Gasteiger partial charge on any atom is 0.416 e. The molecule has 20 heavy (non-hydrogen) atoms. The molecule has 1 nitrogen and oxygen atoms in total. The highest BCUT2D eigenvalue weighted by molar-refractivity contribution is 9.10. The van der Waals surface area contributed by atoms with Gasteiger partial charge < -0.3 is 5.32 Å². The first-order chi connectivity index (χ1) is 9.45. The zero-order chi connectivity index (χ0) is 14.3. The molecular formula is C15H17BrF3N. The van der Waals surface area contributed by atoms with Gasteiger partial charge in [-0.25, -0.2) is 0 Å². The van der Waals surface area contributed by atoms with Crippen molar-refractivity contribution >= 4 is 21.6 Å². The van der Waals surface area contributed by atoms with Gasteiger partial charge in [-0.05, 0) is 77.6 Å². The molecular weight excluding hydrogens is 331 g/mol. The highest BCUT2D eigenvalue weighted by Crippen LogP contribution is 2.49. The van der Waals surface area contributed by atoms with E-state index in [0.717, 1.165) is 36.2 Å². The van der Waals surface area contributed by atoms with Crippen molar-refractivity contribution in [2.75, 3.05) is 11.9 Å². The van der Waals surface area contributed by atoms with Crippen molar-refractivity contribution in [2.24, 2.45) is 17.8 Å². The van der Waals surface area contributed by atoms with Crippen LogP contribution in [0.5, 0.6) is 0 Å². The number of anilines is 1. The van der Waals surface area contributed by atoms with E-state index in [-0.39, 0.29) is 0 Å². The van der Waals surface area contributed by atoms with Gasteiger partial charge >= 0.3 is 6.18 Å². The van der Waals surface area contributed by atoms with Crippen LogP contribution in [0.2, 0.25) is 0 Å². The molecule has 2 aliphatic rings. The maximum atomic E-state index is 12.6. The molecule has 3 rings (SSSR count). The van der Waals surface area contributed by atoms with E-state index in [9.17, 15) is 13.2 Å². The summed E-state index contributed by atoms with van der Waals surface area (Å²) in [6.45, 7) is 0.874. The Morgan fingerprint density at radius 1 is 1.15 bits per heavy atom. The van der Waals surface area contributed by atoms with E-state index in [2.05, 4.69) is 21.2 Å². The molecule has 2 saturated carbocycles. The lowest BCUT2D eigenvalue weighted by atomic mass is 9.98. The summed E-state index contributed by atoms with van der Waals surface area (Å²) in [5, 5.41) is 3.32. The molecule has 0 aliphatic heterocycles. The third kappa shape index (κ3) is 3.30. The maximum absolute atomic E-state index is 12.6. The lowest BCUT2D eigenvalue weighted by Crippen LogP contribution is -2.18. The van der Waals surface area contributed by atoms with Crippen LogP contribution in [0, 0.1) is 17.8 Å². The van der Waals surface area contributed by atoms with Crippen LogP contribution < -0.4 is 5.32 Å². The summed E-state index contributed by atoms with van der Waals surface area (Å²) in [4.78, 5) is 0. The lowest BCUT2D eigenvalue weighted by Gasteiger charge is -2.18. The molecule has 1 aromatic carbocycles. The summed E-state index contributed by atoms with van der Waals surface area (Å²) in [6, 6.07) is 3.80. The Morgan fingerprint density at radius 2 is 1.75 bits per heavy atom. The lowest BCUT2D eigenvalue weighted by molar-refractivity contribution is -0.137. The van der Waals surface area contributed by atoms with E-state index in [0.29, 0.717) is 10.4 Å². The Morgan fingerprint density at radius 3 is 2.20 bits per heavy atom. The molecule has 110 valence electrons. The number of hydrogen-bond acceptors (Lipinski definition) is 1. The Kier molecular flexibility index (Phi) is 3.73. The van der Waals surface area contributed by atoms with Crippen molar-refractivity contribution in [3.05, 3.63) is 28.2 Å². The number of nitrogens with one attached hydrogen (secondary N) is 1. The van der Waals surface area contributed by atoms with E-state index >= 15 is 0 Å². The van der Waals surface area contributed by atoms with Crippen LogP contribution in [0.4, 0.5) is 18.9 Å². The molecule has 1 aromatic rings. The van der Waals surface area contributed by atoms with E-state index in [1.165, 1.54) is 31.7 Å². The summed E-state index contributed by atoms with van der Waals surface area (Å²) in [5.41, 5.74) is 0.139. The van der Waals surface area contributed by atoms with Gasteiger partial charge in [0.15, 0.2) is 0 Å². The molecule has 0 atom stereocenters. The SMILES string of the molecule is FC(F)(F)c1ccc(NCC(C2CC2)C2CC2)c(Br)c1. The summed E-state index contributed by atoms with van der Waals surface area (Å²) in [6.07, 6.45) is 0.980. The first kappa shape index (κ1) is 14.2. The number of halogens is 4. The van der Waals surface area contributed by atoms with Gasteiger partial charge in [0.2, 0.25) is 0 Å². The van der Waals surface area contributed by atoms with Gasteiger partial charge in [-0.3, -0.25) is 0 Å². The van der Waals surface area contributed by atoms with Crippen LogP contribution in [0.3, 0.4) is 0 Å². The predicted octanol–water partition coefficient (Wildman–Crippen LogP) is 5.32. The monoisotopic (exact) mass is 347 g/mol. The Balaban J connectivity index is 1.65. The van der Waals surface area contributed by atoms with E-state index in [1.807, 2.05) is 0 Å². The molecule has 0 heterocycles. The Labute approximate surface area is 125 Å². The third-order valence-electron chi connectivity index (χ3n) is 4.28. The van der Waals surface area contributed by atoms with Gasteiger partial charge in [-0.2, -0.15) is 13.2 Å². The molecule has 2 aliphatic carbocycles. The number of alkyl halides is 3. The first-order valence-electron chi connectivity index (χ1n) is 7.06. The van der Waals surface area contributed by atoms with Gasteiger partial charge in [-0.1, -0.05) is 0 Å². The second-order valence-corrected chi connectivity index (χ2v) is 6.77. The molecule has 0 radical (unpaired) electrons. The van der Waals surface area contributed by atoms with Crippen molar-refractivity contribution in [2.45, 2.75) is 31.9 Å². The summed E-state index contributed by atoms with van der Waals surface area (Å²) in [5.74, 6) is 2.37. The van der Waals surface area contributed by atoms with Gasteiger partial charge in [0.25, 0.3) is 0 Å². The molecule has 0 spiro atoms. The second-order valence-electron chi connectivity index (χ2n) is 5.91. The molecule has 5 heteroatoms. The van der Waals surface area contributed by atoms with Crippen molar-refractivity contribution in [1.82, 2.24) is 0 Å². The van der Waals surface area contributed by atoms with Crippen molar-refractivity contribution in [1.29, 1.82) is 0 Å². The van der Waals surface area contributed by atoms with Gasteiger partial charge in [-0.15, -0.1) is 0 Å².